The number of rotatable bonds is 5. The van der Waals surface area contributed by atoms with Crippen molar-refractivity contribution in [2.24, 2.45) is 0 Å². The second-order valence-corrected chi connectivity index (χ2v) is 5.42. The molecule has 2 rings (SSSR count). The van der Waals surface area contributed by atoms with Gasteiger partial charge in [-0.3, -0.25) is 9.59 Å². The highest BCUT2D eigenvalue weighted by Gasteiger charge is 2.30. The monoisotopic (exact) mass is 330 g/mol. The molecule has 5 nitrogen and oxygen atoms in total. The molecule has 0 saturated carbocycles. The highest BCUT2D eigenvalue weighted by atomic mass is 19.1. The largest absolute Gasteiger partial charge is 0.372 e. The summed E-state index contributed by atoms with van der Waals surface area (Å²) in [5.41, 5.74) is -0.272. The van der Waals surface area contributed by atoms with Gasteiger partial charge in [-0.25, -0.2) is 4.39 Å². The minimum Gasteiger partial charge on any atom is -0.372 e. The Kier molecular flexibility index (Phi) is 5.65. The Hall–Kier alpha value is -2.73. The maximum absolute atomic E-state index is 14.0. The van der Waals surface area contributed by atoms with E-state index in [0.29, 0.717) is 11.3 Å². The number of hydrogen-bond acceptors (Lipinski definition) is 3. The van der Waals surface area contributed by atoms with E-state index in [-0.39, 0.29) is 6.54 Å². The van der Waals surface area contributed by atoms with Gasteiger partial charge in [0.1, 0.15) is 11.4 Å². The van der Waals surface area contributed by atoms with E-state index in [9.17, 15) is 14.0 Å². The first-order valence-electron chi connectivity index (χ1n) is 7.40. The maximum atomic E-state index is 14.0. The van der Waals surface area contributed by atoms with E-state index in [1.165, 1.54) is 13.2 Å². The summed E-state index contributed by atoms with van der Waals surface area (Å²) in [6, 6.07) is 14.8. The van der Waals surface area contributed by atoms with Gasteiger partial charge in [0.05, 0.1) is 6.54 Å². The van der Waals surface area contributed by atoms with Crippen LogP contribution in [-0.2, 0) is 19.9 Å². The molecule has 2 aromatic carbocycles. The number of carbonyl (C=O) groups excluding carboxylic acids is 2. The van der Waals surface area contributed by atoms with Crippen LogP contribution in [0.15, 0.2) is 54.6 Å². The number of para-hydroxylation sites is 1. The lowest BCUT2D eigenvalue weighted by Gasteiger charge is -2.29. The Balaban J connectivity index is 2.01. The van der Waals surface area contributed by atoms with Gasteiger partial charge in [-0.15, -0.1) is 0 Å². The molecule has 0 aliphatic rings. The third-order valence-corrected chi connectivity index (χ3v) is 3.72. The molecule has 2 amide bonds. The van der Waals surface area contributed by atoms with E-state index < -0.39 is 23.2 Å². The van der Waals surface area contributed by atoms with Crippen LogP contribution in [0.4, 0.5) is 10.1 Å². The molecule has 0 spiro atoms. The summed E-state index contributed by atoms with van der Waals surface area (Å²) in [6.45, 7) is 1.59. The van der Waals surface area contributed by atoms with Crippen molar-refractivity contribution < 1.29 is 18.7 Å². The zero-order valence-electron chi connectivity index (χ0n) is 13.5. The van der Waals surface area contributed by atoms with Crippen molar-refractivity contribution in [1.29, 1.82) is 0 Å². The lowest BCUT2D eigenvalue weighted by molar-refractivity contribution is -0.137. The number of ether oxygens (including phenoxy) is 1. The molecule has 0 aromatic heterocycles. The van der Waals surface area contributed by atoms with Crippen LogP contribution in [0.3, 0.4) is 0 Å². The van der Waals surface area contributed by atoms with Crippen LogP contribution >= 0.6 is 0 Å². The van der Waals surface area contributed by atoms with Crippen LogP contribution in [0.1, 0.15) is 12.5 Å². The first-order chi connectivity index (χ1) is 11.5. The second-order valence-electron chi connectivity index (χ2n) is 5.42. The fraction of sp³-hybridized carbons (Fsp3) is 0.222. The predicted molar refractivity (Wildman–Crippen MR) is 88.8 cm³/mol. The van der Waals surface area contributed by atoms with Gasteiger partial charge in [0.2, 0.25) is 0 Å². The fourth-order valence-electron chi connectivity index (χ4n) is 2.21. The van der Waals surface area contributed by atoms with Gasteiger partial charge in [-0.2, -0.15) is 0 Å². The summed E-state index contributed by atoms with van der Waals surface area (Å²) in [6.07, 6.45) is 0. The number of amides is 2. The molecule has 0 aliphatic carbocycles. The normalized spacial score (nSPS) is 13.0. The summed E-state index contributed by atoms with van der Waals surface area (Å²) in [4.78, 5) is 23.8. The Morgan fingerprint density at radius 2 is 1.67 bits per heavy atom. The molecule has 24 heavy (non-hydrogen) atoms. The number of carbonyl (C=O) groups is 2. The lowest BCUT2D eigenvalue weighted by atomic mass is 9.95. The molecule has 2 aromatic rings. The average Bonchev–Trinajstić information content (AvgIpc) is 2.60. The first-order valence-corrected chi connectivity index (χ1v) is 7.40. The van der Waals surface area contributed by atoms with Crippen LogP contribution in [0.5, 0.6) is 0 Å². The molecule has 0 bridgehead atoms. The highest BCUT2D eigenvalue weighted by Crippen LogP contribution is 2.26. The van der Waals surface area contributed by atoms with E-state index in [1.807, 2.05) is 0 Å². The van der Waals surface area contributed by atoms with Gasteiger partial charge in [0.15, 0.2) is 0 Å². The van der Waals surface area contributed by atoms with Crippen LogP contribution in [0.2, 0.25) is 0 Å². The molecule has 6 heteroatoms. The number of benzene rings is 2. The Labute approximate surface area is 139 Å². The molecular weight excluding hydrogens is 311 g/mol. The van der Waals surface area contributed by atoms with Crippen LogP contribution in [0.25, 0.3) is 0 Å². The van der Waals surface area contributed by atoms with Crippen LogP contribution in [-0.4, -0.2) is 25.5 Å². The Morgan fingerprint density at radius 3 is 2.29 bits per heavy atom. The topological polar surface area (TPSA) is 67.4 Å². The minimum atomic E-state index is -1.09. The predicted octanol–water partition coefficient (Wildman–Crippen LogP) is 2.44. The maximum Gasteiger partial charge on any atom is 0.313 e. The SMILES string of the molecule is COC(C)(CNC(=O)C(=O)Nc1ccccc1)c1ccccc1F. The molecule has 0 saturated heterocycles. The van der Waals surface area contributed by atoms with Gasteiger partial charge >= 0.3 is 11.8 Å². The van der Waals surface area contributed by atoms with Gasteiger partial charge in [-0.05, 0) is 25.1 Å². The molecule has 0 radical (unpaired) electrons. The second kappa shape index (κ2) is 7.70. The Bertz CT molecular complexity index is 721. The third-order valence-electron chi connectivity index (χ3n) is 3.72. The van der Waals surface area contributed by atoms with Crippen LogP contribution in [0, 0.1) is 5.82 Å². The number of hydrogen-bond donors (Lipinski definition) is 2. The van der Waals surface area contributed by atoms with Gasteiger partial charge in [0.25, 0.3) is 0 Å². The number of nitrogens with one attached hydrogen (secondary N) is 2. The summed E-state index contributed by atoms with van der Waals surface area (Å²) in [5, 5.41) is 4.96. The summed E-state index contributed by atoms with van der Waals surface area (Å²) in [7, 11) is 1.42. The average molecular weight is 330 g/mol. The fourth-order valence-corrected chi connectivity index (χ4v) is 2.21. The number of halogens is 1. The van der Waals surface area contributed by atoms with E-state index in [1.54, 1.807) is 55.5 Å². The minimum absolute atomic E-state index is 0.0501. The molecule has 126 valence electrons. The summed E-state index contributed by atoms with van der Waals surface area (Å²) < 4.78 is 19.3. The van der Waals surface area contributed by atoms with Crippen molar-refractivity contribution in [3.63, 3.8) is 0 Å². The first kappa shape index (κ1) is 17.6. The quantitative estimate of drug-likeness (QED) is 0.828. The van der Waals surface area contributed by atoms with Crippen molar-refractivity contribution in [3.8, 4) is 0 Å². The molecule has 0 fully saturated rings. The van der Waals surface area contributed by atoms with Crippen molar-refractivity contribution in [2.75, 3.05) is 19.0 Å². The number of methoxy groups -OCH3 is 1. The molecule has 0 aliphatic heterocycles. The number of anilines is 1. The molecular formula is C18H19FN2O3. The van der Waals surface area contributed by atoms with Crippen molar-refractivity contribution in [3.05, 3.63) is 66.0 Å². The van der Waals surface area contributed by atoms with E-state index in [2.05, 4.69) is 10.6 Å². The molecule has 1 unspecified atom stereocenters. The van der Waals surface area contributed by atoms with Gasteiger partial charge in [0, 0.05) is 18.4 Å². The van der Waals surface area contributed by atoms with Crippen molar-refractivity contribution >= 4 is 17.5 Å². The summed E-state index contributed by atoms with van der Waals surface area (Å²) >= 11 is 0. The third kappa shape index (κ3) is 4.17. The lowest BCUT2D eigenvalue weighted by Crippen LogP contribution is -2.44. The zero-order valence-corrected chi connectivity index (χ0v) is 13.5. The van der Waals surface area contributed by atoms with Crippen molar-refractivity contribution in [2.45, 2.75) is 12.5 Å². The van der Waals surface area contributed by atoms with E-state index >= 15 is 0 Å². The molecule has 1 atom stereocenters. The van der Waals surface area contributed by atoms with Gasteiger partial charge < -0.3 is 15.4 Å². The van der Waals surface area contributed by atoms with Crippen molar-refractivity contribution in [1.82, 2.24) is 5.32 Å². The molecule has 0 heterocycles. The smallest absolute Gasteiger partial charge is 0.313 e. The Morgan fingerprint density at radius 1 is 1.04 bits per heavy atom. The highest BCUT2D eigenvalue weighted by molar-refractivity contribution is 6.39. The van der Waals surface area contributed by atoms with E-state index in [0.717, 1.165) is 0 Å². The summed E-state index contributed by atoms with van der Waals surface area (Å²) in [5.74, 6) is -2.06. The molecule has 2 N–H and O–H groups in total. The standard InChI is InChI=1S/C18H19FN2O3/c1-18(24-2,14-10-6-7-11-15(14)19)12-20-16(22)17(23)21-13-8-4-3-5-9-13/h3-11H,12H2,1-2H3,(H,20,22)(H,21,23). The van der Waals surface area contributed by atoms with E-state index in [4.69, 9.17) is 4.74 Å². The zero-order chi connectivity index (χ0) is 17.6. The van der Waals surface area contributed by atoms with Crippen LogP contribution < -0.4 is 10.6 Å². The van der Waals surface area contributed by atoms with Gasteiger partial charge in [-0.1, -0.05) is 36.4 Å².